The molecule has 1 aromatic heterocycles. The predicted octanol–water partition coefficient (Wildman–Crippen LogP) is 2.53. The van der Waals surface area contributed by atoms with E-state index in [1.54, 1.807) is 18.0 Å². The summed E-state index contributed by atoms with van der Waals surface area (Å²) in [5, 5.41) is 5.42. The van der Waals surface area contributed by atoms with Gasteiger partial charge in [-0.25, -0.2) is 14.2 Å². The number of benzene rings is 1. The van der Waals surface area contributed by atoms with Gasteiger partial charge in [-0.05, 0) is 38.5 Å². The van der Waals surface area contributed by atoms with Crippen molar-refractivity contribution in [3.8, 4) is 0 Å². The molecule has 1 saturated heterocycles. The number of amides is 4. The van der Waals surface area contributed by atoms with Crippen molar-refractivity contribution >= 4 is 29.2 Å². The lowest BCUT2D eigenvalue weighted by Crippen LogP contribution is -2.47. The van der Waals surface area contributed by atoms with E-state index in [2.05, 4.69) is 10.3 Å². The number of aromatic nitrogens is 1. The summed E-state index contributed by atoms with van der Waals surface area (Å²) in [6.45, 7) is 5.41. The minimum absolute atomic E-state index is 0.0910. The standard InChI is InChI=1S/C20H23FN4O3S/c1-13(2)24(10-8-16-22-9-11-29-16)17(26)12-25-18(27)20(3,23-19(25)28)14-4-6-15(21)7-5-14/h4-7,9,11,13H,8,10,12H2,1-3H3,(H,23,28)/t20-/m1/s1. The van der Waals surface area contributed by atoms with Crippen LogP contribution < -0.4 is 5.32 Å². The molecule has 1 fully saturated rings. The van der Waals surface area contributed by atoms with Crippen molar-refractivity contribution in [1.82, 2.24) is 20.1 Å². The van der Waals surface area contributed by atoms with Crippen LogP contribution in [0.1, 0.15) is 31.3 Å². The van der Waals surface area contributed by atoms with Crippen molar-refractivity contribution in [3.63, 3.8) is 0 Å². The molecule has 1 atom stereocenters. The first-order chi connectivity index (χ1) is 13.7. The van der Waals surface area contributed by atoms with Crippen molar-refractivity contribution in [2.24, 2.45) is 0 Å². The third kappa shape index (κ3) is 4.29. The predicted molar refractivity (Wildman–Crippen MR) is 107 cm³/mol. The van der Waals surface area contributed by atoms with Crippen LogP contribution in [0.25, 0.3) is 0 Å². The average molecular weight is 418 g/mol. The molecule has 0 aliphatic carbocycles. The van der Waals surface area contributed by atoms with Crippen LogP contribution in [0.15, 0.2) is 35.8 Å². The summed E-state index contributed by atoms with van der Waals surface area (Å²) in [7, 11) is 0. The lowest BCUT2D eigenvalue weighted by atomic mass is 9.92. The first kappa shape index (κ1) is 20.9. The number of nitrogens with one attached hydrogen (secondary N) is 1. The van der Waals surface area contributed by atoms with Crippen LogP contribution in [0, 0.1) is 5.82 Å². The Balaban J connectivity index is 1.72. The van der Waals surface area contributed by atoms with Crippen molar-refractivity contribution < 1.29 is 18.8 Å². The van der Waals surface area contributed by atoms with Crippen LogP contribution in [0.3, 0.4) is 0 Å². The molecule has 0 saturated carbocycles. The summed E-state index contributed by atoms with van der Waals surface area (Å²) in [6, 6.07) is 4.63. The fourth-order valence-electron chi connectivity index (χ4n) is 3.31. The number of hydrogen-bond acceptors (Lipinski definition) is 5. The molecule has 7 nitrogen and oxygen atoms in total. The number of carbonyl (C=O) groups excluding carboxylic acids is 3. The highest BCUT2D eigenvalue weighted by Crippen LogP contribution is 2.29. The molecule has 0 bridgehead atoms. The molecule has 1 N–H and O–H groups in total. The minimum Gasteiger partial charge on any atom is -0.338 e. The van der Waals surface area contributed by atoms with Crippen LogP contribution in [0.4, 0.5) is 9.18 Å². The fraction of sp³-hybridized carbons (Fsp3) is 0.400. The second-order valence-electron chi connectivity index (χ2n) is 7.31. The molecule has 2 heterocycles. The van der Waals surface area contributed by atoms with E-state index in [1.807, 2.05) is 19.2 Å². The number of halogens is 1. The molecule has 0 unspecified atom stereocenters. The van der Waals surface area contributed by atoms with Crippen molar-refractivity contribution in [3.05, 3.63) is 52.2 Å². The molecule has 9 heteroatoms. The van der Waals surface area contributed by atoms with Crippen molar-refractivity contribution in [2.75, 3.05) is 13.1 Å². The van der Waals surface area contributed by atoms with Gasteiger partial charge < -0.3 is 10.2 Å². The zero-order valence-corrected chi connectivity index (χ0v) is 17.3. The quantitative estimate of drug-likeness (QED) is 0.701. The maximum Gasteiger partial charge on any atom is 0.325 e. The topological polar surface area (TPSA) is 82.6 Å². The Labute approximate surface area is 172 Å². The van der Waals surface area contributed by atoms with Gasteiger partial charge in [0.2, 0.25) is 5.91 Å². The Morgan fingerprint density at radius 3 is 2.59 bits per heavy atom. The van der Waals surface area contributed by atoms with E-state index in [4.69, 9.17) is 0 Å². The van der Waals surface area contributed by atoms with Crippen LogP contribution in [-0.2, 0) is 21.5 Å². The van der Waals surface area contributed by atoms with Crippen LogP contribution in [0.5, 0.6) is 0 Å². The van der Waals surface area contributed by atoms with Gasteiger partial charge in [-0.2, -0.15) is 0 Å². The van der Waals surface area contributed by atoms with E-state index in [0.29, 0.717) is 18.5 Å². The van der Waals surface area contributed by atoms with E-state index >= 15 is 0 Å². The summed E-state index contributed by atoms with van der Waals surface area (Å²) in [5.74, 6) is -1.29. The molecule has 3 rings (SSSR count). The van der Waals surface area contributed by atoms with Crippen LogP contribution in [0.2, 0.25) is 0 Å². The van der Waals surface area contributed by atoms with Gasteiger partial charge in [-0.15, -0.1) is 11.3 Å². The molecule has 1 aliphatic heterocycles. The number of nitrogens with zero attached hydrogens (tertiary/aromatic N) is 3. The Kier molecular flexibility index (Phi) is 5.97. The van der Waals surface area contributed by atoms with Crippen LogP contribution in [-0.4, -0.2) is 51.8 Å². The zero-order valence-electron chi connectivity index (χ0n) is 16.5. The van der Waals surface area contributed by atoms with E-state index in [9.17, 15) is 18.8 Å². The van der Waals surface area contributed by atoms with Gasteiger partial charge in [0.1, 0.15) is 17.9 Å². The molecular formula is C20H23FN4O3S. The Morgan fingerprint density at radius 2 is 2.00 bits per heavy atom. The number of carbonyl (C=O) groups is 3. The smallest absolute Gasteiger partial charge is 0.325 e. The number of imide groups is 1. The highest BCUT2D eigenvalue weighted by molar-refractivity contribution is 7.09. The SMILES string of the molecule is CC(C)N(CCc1nccs1)C(=O)CN1C(=O)N[C@](C)(c2ccc(F)cc2)C1=O. The molecule has 2 aromatic rings. The normalized spacial score (nSPS) is 19.0. The van der Waals surface area contributed by atoms with Gasteiger partial charge in [0.15, 0.2) is 0 Å². The average Bonchev–Trinajstić information content (AvgIpc) is 3.25. The molecule has 154 valence electrons. The third-order valence-corrected chi connectivity index (χ3v) is 5.82. The number of thiazole rings is 1. The maximum atomic E-state index is 13.2. The number of hydrogen-bond donors (Lipinski definition) is 1. The summed E-state index contributed by atoms with van der Waals surface area (Å²) < 4.78 is 13.2. The first-order valence-corrected chi connectivity index (χ1v) is 10.2. The molecule has 0 radical (unpaired) electrons. The van der Waals surface area contributed by atoms with Crippen molar-refractivity contribution in [1.29, 1.82) is 0 Å². The fourth-order valence-corrected chi connectivity index (χ4v) is 3.92. The van der Waals surface area contributed by atoms with Crippen LogP contribution >= 0.6 is 11.3 Å². The van der Waals surface area contributed by atoms with Crippen molar-refractivity contribution in [2.45, 2.75) is 38.8 Å². The second-order valence-corrected chi connectivity index (χ2v) is 8.29. The van der Waals surface area contributed by atoms with Gasteiger partial charge in [0.05, 0.1) is 5.01 Å². The molecule has 29 heavy (non-hydrogen) atoms. The number of rotatable bonds is 7. The van der Waals surface area contributed by atoms with Gasteiger partial charge in [-0.3, -0.25) is 14.5 Å². The third-order valence-electron chi connectivity index (χ3n) is 4.98. The highest BCUT2D eigenvalue weighted by Gasteiger charge is 2.49. The summed E-state index contributed by atoms with van der Waals surface area (Å²) in [6.07, 6.45) is 2.32. The first-order valence-electron chi connectivity index (χ1n) is 9.30. The molecule has 1 aliphatic rings. The Morgan fingerprint density at radius 1 is 1.31 bits per heavy atom. The van der Waals surface area contributed by atoms with E-state index in [0.717, 1.165) is 9.91 Å². The van der Waals surface area contributed by atoms with E-state index in [-0.39, 0.29) is 18.5 Å². The largest absolute Gasteiger partial charge is 0.338 e. The lowest BCUT2D eigenvalue weighted by molar-refractivity contribution is -0.139. The summed E-state index contributed by atoms with van der Waals surface area (Å²) in [5.41, 5.74) is -0.883. The van der Waals surface area contributed by atoms with Gasteiger partial charge in [0, 0.05) is 30.6 Å². The molecule has 0 spiro atoms. The maximum absolute atomic E-state index is 13.2. The minimum atomic E-state index is -1.34. The molecule has 4 amide bonds. The summed E-state index contributed by atoms with van der Waals surface area (Å²) in [4.78, 5) is 45.1. The lowest BCUT2D eigenvalue weighted by Gasteiger charge is -2.28. The Bertz CT molecular complexity index is 901. The van der Waals surface area contributed by atoms with Gasteiger partial charge in [0.25, 0.3) is 5.91 Å². The monoisotopic (exact) mass is 418 g/mol. The Hall–Kier alpha value is -2.81. The van der Waals surface area contributed by atoms with E-state index < -0.39 is 23.3 Å². The molecule has 1 aromatic carbocycles. The number of urea groups is 1. The van der Waals surface area contributed by atoms with Gasteiger partial charge >= 0.3 is 6.03 Å². The zero-order chi connectivity index (χ0) is 21.2. The van der Waals surface area contributed by atoms with Gasteiger partial charge in [-0.1, -0.05) is 12.1 Å². The van der Waals surface area contributed by atoms with E-state index in [1.165, 1.54) is 35.6 Å². The highest BCUT2D eigenvalue weighted by atomic mass is 32.1. The molecular weight excluding hydrogens is 395 g/mol. The summed E-state index contributed by atoms with van der Waals surface area (Å²) >= 11 is 1.52. The second kappa shape index (κ2) is 8.28.